The maximum Gasteiger partial charge on any atom is 0.337 e. The van der Waals surface area contributed by atoms with Gasteiger partial charge >= 0.3 is 5.97 Å². The summed E-state index contributed by atoms with van der Waals surface area (Å²) in [4.78, 5) is 11.2. The first-order valence-corrected chi connectivity index (χ1v) is 9.91. The zero-order chi connectivity index (χ0) is 17.1. The minimum absolute atomic E-state index is 0.0233. The minimum atomic E-state index is -3.76. The van der Waals surface area contributed by atoms with Crippen molar-refractivity contribution in [1.82, 2.24) is 4.72 Å². The van der Waals surface area contributed by atoms with Crippen LogP contribution in [0.25, 0.3) is 0 Å². The maximum absolute atomic E-state index is 12.9. The summed E-state index contributed by atoms with van der Waals surface area (Å²) in [5.74, 6) is 0.652. The van der Waals surface area contributed by atoms with Crippen LogP contribution in [-0.2, 0) is 10.0 Å². The molecule has 0 aromatic heterocycles. The molecule has 0 atom stereocenters. The fourth-order valence-electron chi connectivity index (χ4n) is 5.47. The second-order valence-electron chi connectivity index (χ2n) is 7.86. The molecule has 0 aliphatic heterocycles. The fraction of sp³-hybridized carbons (Fsp3) is 0.588. The minimum Gasteiger partial charge on any atom is -0.478 e. The summed E-state index contributed by atoms with van der Waals surface area (Å²) < 4.78 is 28.7. The number of aromatic carboxylic acids is 1. The van der Waals surface area contributed by atoms with E-state index in [0.29, 0.717) is 17.8 Å². The molecule has 4 aliphatic rings. The smallest absolute Gasteiger partial charge is 0.337 e. The molecule has 0 heterocycles. The Morgan fingerprint density at radius 2 is 1.67 bits per heavy atom. The molecular weight excluding hydrogens is 328 g/mol. The number of carbonyl (C=O) groups is 1. The van der Waals surface area contributed by atoms with Crippen LogP contribution in [-0.4, -0.2) is 25.0 Å². The van der Waals surface area contributed by atoms with Gasteiger partial charge in [-0.15, -0.1) is 0 Å². The van der Waals surface area contributed by atoms with Gasteiger partial charge in [-0.3, -0.25) is 0 Å². The van der Waals surface area contributed by atoms with Gasteiger partial charge in [-0.25, -0.2) is 17.9 Å². The van der Waals surface area contributed by atoms with Crippen molar-refractivity contribution in [2.24, 2.45) is 17.8 Å². The van der Waals surface area contributed by atoms with E-state index >= 15 is 0 Å². The third-order valence-corrected chi connectivity index (χ3v) is 7.53. The highest BCUT2D eigenvalue weighted by Gasteiger charge is 2.52. The largest absolute Gasteiger partial charge is 0.478 e. The summed E-state index contributed by atoms with van der Waals surface area (Å²) in [6.45, 7) is 0. The first kappa shape index (κ1) is 15.9. The number of benzene rings is 1. The Morgan fingerprint density at radius 3 is 2.17 bits per heavy atom. The molecule has 5 rings (SSSR count). The van der Waals surface area contributed by atoms with Crippen molar-refractivity contribution < 1.29 is 18.3 Å². The number of nitrogens with one attached hydrogen (secondary N) is 1. The van der Waals surface area contributed by atoms with Gasteiger partial charge in [0.25, 0.3) is 0 Å². The molecule has 0 spiro atoms. The van der Waals surface area contributed by atoms with E-state index in [1.165, 1.54) is 31.4 Å². The molecule has 24 heavy (non-hydrogen) atoms. The Hall–Kier alpha value is -1.60. The van der Waals surface area contributed by atoms with Gasteiger partial charge in [-0.05, 0) is 74.5 Å². The molecular formula is C17H22N2O4S. The van der Waals surface area contributed by atoms with Crippen molar-refractivity contribution in [3.63, 3.8) is 0 Å². The molecule has 6 nitrogen and oxygen atoms in total. The zero-order valence-electron chi connectivity index (χ0n) is 13.4. The number of nitrogen functional groups attached to an aromatic ring is 1. The van der Waals surface area contributed by atoms with Crippen molar-refractivity contribution in [1.29, 1.82) is 0 Å². The summed E-state index contributed by atoms with van der Waals surface area (Å²) in [7, 11) is -3.76. The van der Waals surface area contributed by atoms with E-state index in [-0.39, 0.29) is 21.7 Å². The third kappa shape index (κ3) is 2.59. The van der Waals surface area contributed by atoms with E-state index in [0.717, 1.165) is 25.3 Å². The van der Waals surface area contributed by atoms with Crippen LogP contribution < -0.4 is 10.5 Å². The van der Waals surface area contributed by atoms with Gasteiger partial charge in [0.15, 0.2) is 0 Å². The van der Waals surface area contributed by atoms with Gasteiger partial charge < -0.3 is 10.8 Å². The summed E-state index contributed by atoms with van der Waals surface area (Å²) >= 11 is 0. The Labute approximate surface area is 141 Å². The molecule has 1 aromatic carbocycles. The molecule has 0 saturated heterocycles. The number of carboxylic acid groups (broad SMARTS) is 1. The molecule has 0 amide bonds. The maximum atomic E-state index is 12.9. The summed E-state index contributed by atoms with van der Waals surface area (Å²) in [5.41, 5.74) is 5.17. The monoisotopic (exact) mass is 350 g/mol. The lowest BCUT2D eigenvalue weighted by Crippen LogP contribution is -2.59. The zero-order valence-corrected chi connectivity index (χ0v) is 14.2. The van der Waals surface area contributed by atoms with E-state index in [2.05, 4.69) is 4.72 Å². The first-order valence-electron chi connectivity index (χ1n) is 8.43. The van der Waals surface area contributed by atoms with Gasteiger partial charge in [0.05, 0.1) is 10.5 Å². The van der Waals surface area contributed by atoms with Crippen LogP contribution in [0.2, 0.25) is 0 Å². The lowest BCUT2D eigenvalue weighted by atomic mass is 9.53. The topological polar surface area (TPSA) is 109 Å². The van der Waals surface area contributed by atoms with Crippen LogP contribution in [0.5, 0.6) is 0 Å². The van der Waals surface area contributed by atoms with Crippen LogP contribution in [0.15, 0.2) is 23.1 Å². The van der Waals surface area contributed by atoms with E-state index in [1.807, 2.05) is 0 Å². The number of anilines is 1. The molecule has 4 N–H and O–H groups in total. The van der Waals surface area contributed by atoms with Gasteiger partial charge in [-0.2, -0.15) is 0 Å². The molecule has 4 bridgehead atoms. The average Bonchev–Trinajstić information content (AvgIpc) is 2.44. The Kier molecular flexibility index (Phi) is 3.44. The van der Waals surface area contributed by atoms with Gasteiger partial charge in [0.2, 0.25) is 10.0 Å². The molecule has 0 unspecified atom stereocenters. The average molecular weight is 350 g/mol. The number of nitrogens with two attached hydrogens (primary N) is 1. The number of carboxylic acids is 1. The van der Waals surface area contributed by atoms with E-state index in [1.54, 1.807) is 0 Å². The van der Waals surface area contributed by atoms with Gasteiger partial charge in [0.1, 0.15) is 0 Å². The highest BCUT2D eigenvalue weighted by Crippen LogP contribution is 2.55. The van der Waals surface area contributed by atoms with Crippen molar-refractivity contribution in [3.8, 4) is 0 Å². The van der Waals surface area contributed by atoms with Crippen LogP contribution in [0, 0.1) is 17.8 Å². The van der Waals surface area contributed by atoms with Crippen LogP contribution in [0.4, 0.5) is 5.69 Å². The van der Waals surface area contributed by atoms with E-state index in [9.17, 15) is 13.2 Å². The highest BCUT2D eigenvalue weighted by molar-refractivity contribution is 7.89. The second-order valence-corrected chi connectivity index (χ2v) is 9.54. The standard InChI is InChI=1S/C17H22N2O4S/c18-15-2-1-13(6-14(15)16(20)21)24(22,23)19-17-7-10-3-11(8-17)5-12(4-10)9-17/h1-2,6,10-12,19H,3-5,7-9,18H2,(H,20,21). The third-order valence-electron chi connectivity index (χ3n) is 5.95. The van der Waals surface area contributed by atoms with Gasteiger partial charge in [-0.1, -0.05) is 0 Å². The second kappa shape index (κ2) is 5.20. The SMILES string of the molecule is Nc1ccc(S(=O)(=O)NC23CC4CC(CC(C4)C2)C3)cc1C(=O)O. The van der Waals surface area contributed by atoms with Crippen LogP contribution >= 0.6 is 0 Å². The number of hydrogen-bond acceptors (Lipinski definition) is 4. The summed E-state index contributed by atoms with van der Waals surface area (Å²) in [6.07, 6.45) is 6.39. The molecule has 0 radical (unpaired) electrons. The van der Waals surface area contributed by atoms with Crippen molar-refractivity contribution in [3.05, 3.63) is 23.8 Å². The van der Waals surface area contributed by atoms with Crippen LogP contribution in [0.3, 0.4) is 0 Å². The number of hydrogen-bond donors (Lipinski definition) is 3. The predicted octanol–water partition coefficient (Wildman–Crippen LogP) is 2.21. The summed E-state index contributed by atoms with van der Waals surface area (Å²) in [6, 6.07) is 3.88. The molecule has 4 fully saturated rings. The number of sulfonamides is 1. The lowest BCUT2D eigenvalue weighted by molar-refractivity contribution is -0.00810. The first-order chi connectivity index (χ1) is 11.3. The number of rotatable bonds is 4. The predicted molar refractivity (Wildman–Crippen MR) is 89.0 cm³/mol. The molecule has 1 aromatic rings. The molecule has 4 saturated carbocycles. The molecule has 7 heteroatoms. The Balaban J connectivity index is 1.64. The van der Waals surface area contributed by atoms with Crippen molar-refractivity contribution in [2.45, 2.75) is 49.0 Å². The van der Waals surface area contributed by atoms with Crippen molar-refractivity contribution in [2.75, 3.05) is 5.73 Å². The quantitative estimate of drug-likeness (QED) is 0.721. The normalized spacial score (nSPS) is 34.4. The fourth-order valence-corrected chi connectivity index (χ4v) is 6.93. The Bertz CT molecular complexity index is 768. The van der Waals surface area contributed by atoms with E-state index in [4.69, 9.17) is 10.8 Å². The highest BCUT2D eigenvalue weighted by atomic mass is 32.2. The van der Waals surface area contributed by atoms with Crippen LogP contribution in [0.1, 0.15) is 48.9 Å². The summed E-state index contributed by atoms with van der Waals surface area (Å²) in [5, 5.41) is 9.16. The molecule has 4 aliphatic carbocycles. The van der Waals surface area contributed by atoms with E-state index < -0.39 is 16.0 Å². The molecule has 130 valence electrons. The van der Waals surface area contributed by atoms with Gasteiger partial charge in [0, 0.05) is 11.2 Å². The Morgan fingerprint density at radius 1 is 1.12 bits per heavy atom. The van der Waals surface area contributed by atoms with Crippen molar-refractivity contribution >= 4 is 21.7 Å². The lowest BCUT2D eigenvalue weighted by Gasteiger charge is -2.56.